The van der Waals surface area contributed by atoms with Crippen molar-refractivity contribution in [2.24, 2.45) is 0 Å². The van der Waals surface area contributed by atoms with E-state index in [9.17, 15) is 14.0 Å². The first kappa shape index (κ1) is 26.8. The van der Waals surface area contributed by atoms with Crippen LogP contribution in [-0.2, 0) is 16.1 Å². The maximum absolute atomic E-state index is 14.2. The lowest BCUT2D eigenvalue weighted by molar-refractivity contribution is -0.133. The van der Waals surface area contributed by atoms with Crippen LogP contribution < -0.4 is 15.4 Å². The average Bonchev–Trinajstić information content (AvgIpc) is 2.95. The van der Waals surface area contributed by atoms with Gasteiger partial charge in [0.1, 0.15) is 17.6 Å². The highest BCUT2D eigenvalue weighted by Crippen LogP contribution is 2.31. The van der Waals surface area contributed by atoms with Crippen molar-refractivity contribution < 1.29 is 18.7 Å². The van der Waals surface area contributed by atoms with Crippen molar-refractivity contribution in [3.8, 4) is 22.9 Å². The zero-order valence-corrected chi connectivity index (χ0v) is 21.5. The molecule has 2 atom stereocenters. The summed E-state index contributed by atoms with van der Waals surface area (Å²) in [6, 6.07) is 22.3. The van der Waals surface area contributed by atoms with Crippen LogP contribution in [0.25, 0.3) is 11.1 Å². The topological polar surface area (TPSA) is 94.5 Å². The zero-order chi connectivity index (χ0) is 27.1. The minimum atomic E-state index is -0.550. The lowest BCUT2D eigenvalue weighted by atomic mass is 9.85. The van der Waals surface area contributed by atoms with E-state index in [2.05, 4.69) is 22.8 Å². The fraction of sp³-hybridized carbons (Fsp3) is 0.300. The summed E-state index contributed by atoms with van der Waals surface area (Å²) in [5, 5.41) is 15.3. The number of piperidine rings is 1. The van der Waals surface area contributed by atoms with Crippen LogP contribution in [0.15, 0.2) is 66.7 Å². The summed E-state index contributed by atoms with van der Waals surface area (Å²) in [5.41, 5.74) is 3.57. The first-order chi connectivity index (χ1) is 18.4. The molecule has 3 aromatic rings. The Balaban J connectivity index is 1.53. The van der Waals surface area contributed by atoms with E-state index in [1.807, 2.05) is 47.4 Å². The summed E-state index contributed by atoms with van der Waals surface area (Å²) in [5.74, 6) is -0.0911. The van der Waals surface area contributed by atoms with Crippen LogP contribution in [0.4, 0.5) is 4.39 Å². The number of halogens is 1. The normalized spacial score (nSPS) is 16.9. The third kappa shape index (κ3) is 6.36. The Morgan fingerprint density at radius 2 is 1.84 bits per heavy atom. The molecular formula is C30H31FN4O3. The van der Waals surface area contributed by atoms with Crippen LogP contribution in [0.1, 0.15) is 36.0 Å². The molecule has 8 heteroatoms. The second kappa shape index (κ2) is 12.3. The number of hydrogen-bond acceptors (Lipinski definition) is 5. The highest BCUT2D eigenvalue weighted by Gasteiger charge is 2.32. The quantitative estimate of drug-likeness (QED) is 0.474. The number of hydrogen-bond donors (Lipinski definition) is 2. The van der Waals surface area contributed by atoms with E-state index in [4.69, 9.17) is 10.00 Å². The summed E-state index contributed by atoms with van der Waals surface area (Å²) in [6.45, 7) is 3.04. The van der Waals surface area contributed by atoms with Crippen LogP contribution in [-0.4, -0.2) is 49.5 Å². The largest absolute Gasteiger partial charge is 0.496 e. The molecule has 1 heterocycles. The van der Waals surface area contributed by atoms with Gasteiger partial charge in [0.2, 0.25) is 11.8 Å². The first-order valence-electron chi connectivity index (χ1n) is 12.6. The van der Waals surface area contributed by atoms with Crippen LogP contribution in [0.5, 0.6) is 5.75 Å². The first-order valence-corrected chi connectivity index (χ1v) is 12.6. The molecule has 1 saturated heterocycles. The molecule has 0 aliphatic carbocycles. The molecular weight excluding hydrogens is 483 g/mol. The number of likely N-dealkylation sites (tertiary alicyclic amines) is 1. The average molecular weight is 515 g/mol. The molecule has 2 unspecified atom stereocenters. The lowest BCUT2D eigenvalue weighted by Gasteiger charge is -2.39. The van der Waals surface area contributed by atoms with E-state index in [0.29, 0.717) is 25.2 Å². The van der Waals surface area contributed by atoms with Crippen molar-refractivity contribution in [1.82, 2.24) is 15.5 Å². The van der Waals surface area contributed by atoms with E-state index in [1.54, 1.807) is 13.2 Å². The Hall–Kier alpha value is -4.22. The van der Waals surface area contributed by atoms with E-state index >= 15 is 0 Å². The molecule has 7 nitrogen and oxygen atoms in total. The van der Waals surface area contributed by atoms with Gasteiger partial charge < -0.3 is 20.3 Å². The smallest absolute Gasteiger partial charge is 0.241 e. The molecule has 1 fully saturated rings. The van der Waals surface area contributed by atoms with Crippen molar-refractivity contribution in [2.75, 3.05) is 26.7 Å². The molecule has 196 valence electrons. The molecule has 0 bridgehead atoms. The molecule has 2 N–H and O–H groups in total. The summed E-state index contributed by atoms with van der Waals surface area (Å²) in [6.07, 6.45) is 0.744. The summed E-state index contributed by atoms with van der Waals surface area (Å²) >= 11 is 0. The summed E-state index contributed by atoms with van der Waals surface area (Å²) < 4.78 is 19.8. The van der Waals surface area contributed by atoms with Crippen molar-refractivity contribution in [2.45, 2.75) is 31.8 Å². The minimum Gasteiger partial charge on any atom is -0.496 e. The Kier molecular flexibility index (Phi) is 8.72. The number of ether oxygens (including phenoxy) is 1. The number of carbonyl (C=O) groups excluding carboxylic acids is 2. The molecule has 38 heavy (non-hydrogen) atoms. The van der Waals surface area contributed by atoms with Gasteiger partial charge in [0.25, 0.3) is 0 Å². The van der Waals surface area contributed by atoms with E-state index < -0.39 is 5.82 Å². The maximum atomic E-state index is 14.2. The standard InChI is InChI=1S/C30H31FN4O3/c1-20(36)33-18-30(37)35-13-12-28(26(19-35)21-6-4-3-5-7-21)34-17-25-14-22(10-11-29(25)38-2)23-8-9-24(16-32)27(31)15-23/h3-11,14-15,26,28,34H,12-13,17-19H2,1-2H3,(H,33,36). The molecule has 0 aromatic heterocycles. The molecule has 0 saturated carbocycles. The monoisotopic (exact) mass is 514 g/mol. The highest BCUT2D eigenvalue weighted by atomic mass is 19.1. The van der Waals surface area contributed by atoms with Crippen molar-refractivity contribution in [3.63, 3.8) is 0 Å². The number of benzene rings is 3. The number of methoxy groups -OCH3 is 1. The van der Waals surface area contributed by atoms with Crippen molar-refractivity contribution in [1.29, 1.82) is 5.26 Å². The molecule has 3 aromatic carbocycles. The van der Waals surface area contributed by atoms with Gasteiger partial charge in [-0.1, -0.05) is 42.5 Å². The zero-order valence-electron chi connectivity index (χ0n) is 21.5. The SMILES string of the molecule is COc1ccc(-c2ccc(C#N)c(F)c2)cc1CNC1CCN(C(=O)CNC(C)=O)CC1c1ccccc1. The van der Waals surface area contributed by atoms with E-state index in [-0.39, 0.29) is 35.9 Å². The summed E-state index contributed by atoms with van der Waals surface area (Å²) in [7, 11) is 1.62. The Morgan fingerprint density at radius 1 is 1.11 bits per heavy atom. The van der Waals surface area contributed by atoms with Gasteiger partial charge in [0.15, 0.2) is 0 Å². The number of amides is 2. The van der Waals surface area contributed by atoms with Gasteiger partial charge in [-0.3, -0.25) is 9.59 Å². The Labute approximate surface area is 222 Å². The molecule has 1 aliphatic rings. The van der Waals surface area contributed by atoms with Crippen LogP contribution in [0.2, 0.25) is 0 Å². The predicted molar refractivity (Wildman–Crippen MR) is 143 cm³/mol. The molecule has 2 amide bonds. The second-order valence-electron chi connectivity index (χ2n) is 9.38. The second-order valence-corrected chi connectivity index (χ2v) is 9.38. The minimum absolute atomic E-state index is 0.00509. The predicted octanol–water partition coefficient (Wildman–Crippen LogP) is 3.98. The van der Waals surface area contributed by atoms with Crippen molar-refractivity contribution >= 4 is 11.8 Å². The van der Waals surface area contributed by atoms with Gasteiger partial charge in [0, 0.05) is 44.1 Å². The molecule has 0 radical (unpaired) electrons. The van der Waals surface area contributed by atoms with Gasteiger partial charge in [0.05, 0.1) is 19.2 Å². The fourth-order valence-electron chi connectivity index (χ4n) is 4.90. The maximum Gasteiger partial charge on any atom is 0.241 e. The lowest BCUT2D eigenvalue weighted by Crippen LogP contribution is -2.51. The number of carbonyl (C=O) groups is 2. The van der Waals surface area contributed by atoms with Gasteiger partial charge in [-0.25, -0.2) is 4.39 Å². The van der Waals surface area contributed by atoms with Gasteiger partial charge >= 0.3 is 0 Å². The number of nitriles is 1. The number of rotatable bonds is 8. The van der Waals surface area contributed by atoms with Gasteiger partial charge in [-0.05, 0) is 47.4 Å². The Bertz CT molecular complexity index is 1340. The molecule has 4 rings (SSSR count). The number of nitrogens with one attached hydrogen (secondary N) is 2. The third-order valence-electron chi connectivity index (χ3n) is 6.94. The summed E-state index contributed by atoms with van der Waals surface area (Å²) in [4.78, 5) is 25.8. The molecule has 0 spiro atoms. The Morgan fingerprint density at radius 3 is 2.53 bits per heavy atom. The van der Waals surface area contributed by atoms with Crippen molar-refractivity contribution in [3.05, 3.63) is 89.2 Å². The van der Waals surface area contributed by atoms with E-state index in [1.165, 1.54) is 19.1 Å². The number of nitrogens with zero attached hydrogens (tertiary/aromatic N) is 2. The highest BCUT2D eigenvalue weighted by molar-refractivity contribution is 5.83. The van der Waals surface area contributed by atoms with Gasteiger partial charge in [-0.2, -0.15) is 5.26 Å². The van der Waals surface area contributed by atoms with E-state index in [0.717, 1.165) is 28.9 Å². The van der Waals surface area contributed by atoms with Gasteiger partial charge in [-0.15, -0.1) is 0 Å². The fourth-order valence-corrected chi connectivity index (χ4v) is 4.90. The van der Waals surface area contributed by atoms with Crippen LogP contribution in [0.3, 0.4) is 0 Å². The molecule has 1 aliphatic heterocycles. The van der Waals surface area contributed by atoms with Crippen LogP contribution in [0, 0.1) is 17.1 Å². The third-order valence-corrected chi connectivity index (χ3v) is 6.94. The van der Waals surface area contributed by atoms with Crippen LogP contribution >= 0.6 is 0 Å².